The molecule has 0 saturated heterocycles. The minimum absolute atomic E-state index is 0.295. The highest BCUT2D eigenvalue weighted by Crippen LogP contribution is 2.03. The summed E-state index contributed by atoms with van der Waals surface area (Å²) in [5, 5.41) is 2.57. The molecule has 3 nitrogen and oxygen atoms in total. The molecular formula is C8H9N2O. The van der Waals surface area contributed by atoms with Crippen LogP contribution >= 0.6 is 0 Å². The summed E-state index contributed by atoms with van der Waals surface area (Å²) in [6.45, 7) is 0.993. The van der Waals surface area contributed by atoms with Gasteiger partial charge in [-0.2, -0.15) is 0 Å². The SMILES string of the molecule is N[CH]C(=O)Nc1ccccc1. The molecule has 0 aliphatic heterocycles. The number of rotatable bonds is 2. The number of nitrogens with one attached hydrogen (secondary N) is 1. The fourth-order valence-electron chi connectivity index (χ4n) is 0.705. The molecule has 0 bridgehead atoms. The van der Waals surface area contributed by atoms with E-state index in [1.807, 2.05) is 18.2 Å². The molecule has 3 heteroatoms. The molecule has 0 heterocycles. The van der Waals surface area contributed by atoms with Crippen LogP contribution in [-0.4, -0.2) is 5.91 Å². The first-order valence-corrected chi connectivity index (χ1v) is 3.24. The van der Waals surface area contributed by atoms with E-state index in [0.717, 1.165) is 12.2 Å². The van der Waals surface area contributed by atoms with Gasteiger partial charge in [-0.3, -0.25) is 4.79 Å². The van der Waals surface area contributed by atoms with Crippen molar-refractivity contribution in [3.8, 4) is 0 Å². The van der Waals surface area contributed by atoms with Gasteiger partial charge < -0.3 is 11.1 Å². The maximum absolute atomic E-state index is 10.7. The third kappa shape index (κ3) is 2.39. The third-order valence-electron chi connectivity index (χ3n) is 1.19. The van der Waals surface area contributed by atoms with E-state index in [-0.39, 0.29) is 5.91 Å². The van der Waals surface area contributed by atoms with E-state index in [0.29, 0.717) is 0 Å². The first-order valence-electron chi connectivity index (χ1n) is 3.24. The highest BCUT2D eigenvalue weighted by atomic mass is 16.1. The molecule has 11 heavy (non-hydrogen) atoms. The lowest BCUT2D eigenvalue weighted by Gasteiger charge is -2.00. The molecule has 0 fully saturated rings. The molecule has 0 unspecified atom stereocenters. The van der Waals surface area contributed by atoms with Crippen molar-refractivity contribution in [2.45, 2.75) is 0 Å². The summed E-state index contributed by atoms with van der Waals surface area (Å²) >= 11 is 0. The molecule has 3 N–H and O–H groups in total. The van der Waals surface area contributed by atoms with E-state index in [2.05, 4.69) is 5.32 Å². The molecule has 57 valence electrons. The van der Waals surface area contributed by atoms with Crippen molar-refractivity contribution in [1.82, 2.24) is 0 Å². The summed E-state index contributed by atoms with van der Waals surface area (Å²) in [6.07, 6.45) is 0. The van der Waals surface area contributed by atoms with E-state index in [1.165, 1.54) is 0 Å². The minimum atomic E-state index is -0.295. The standard InChI is InChI=1S/C8H9N2O/c9-6-8(11)10-7-4-2-1-3-5-7/h1-6H,9H2,(H,10,11). The molecule has 1 aromatic rings. The Morgan fingerprint density at radius 1 is 1.36 bits per heavy atom. The van der Waals surface area contributed by atoms with Crippen LogP contribution in [0.4, 0.5) is 5.69 Å². The molecule has 0 aliphatic rings. The van der Waals surface area contributed by atoms with Gasteiger partial charge in [-0.1, -0.05) is 18.2 Å². The third-order valence-corrected chi connectivity index (χ3v) is 1.19. The fraction of sp³-hybridized carbons (Fsp3) is 0. The first-order chi connectivity index (χ1) is 5.33. The highest BCUT2D eigenvalue weighted by molar-refractivity contribution is 5.96. The van der Waals surface area contributed by atoms with E-state index < -0.39 is 0 Å². The van der Waals surface area contributed by atoms with Gasteiger partial charge in [0.1, 0.15) is 6.54 Å². The quantitative estimate of drug-likeness (QED) is 0.651. The Morgan fingerprint density at radius 3 is 2.55 bits per heavy atom. The molecular weight excluding hydrogens is 140 g/mol. The number of hydrogen-bond donors (Lipinski definition) is 2. The molecule has 0 spiro atoms. The number of carbonyl (C=O) groups excluding carboxylic acids is 1. The molecule has 1 amide bonds. The highest BCUT2D eigenvalue weighted by Gasteiger charge is 1.96. The molecule has 1 rings (SSSR count). The van der Waals surface area contributed by atoms with Crippen molar-refractivity contribution in [3.05, 3.63) is 36.9 Å². The van der Waals surface area contributed by atoms with Crippen molar-refractivity contribution in [2.24, 2.45) is 5.73 Å². The monoisotopic (exact) mass is 149 g/mol. The number of para-hydroxylation sites is 1. The van der Waals surface area contributed by atoms with Crippen LogP contribution in [0, 0.1) is 6.54 Å². The maximum atomic E-state index is 10.7. The number of anilines is 1. The number of carbonyl (C=O) groups is 1. The summed E-state index contributed by atoms with van der Waals surface area (Å²) < 4.78 is 0. The zero-order valence-electron chi connectivity index (χ0n) is 5.95. The molecule has 1 radical (unpaired) electrons. The van der Waals surface area contributed by atoms with Crippen LogP contribution in [0.2, 0.25) is 0 Å². The largest absolute Gasteiger partial charge is 0.325 e. The maximum Gasteiger partial charge on any atom is 0.243 e. The van der Waals surface area contributed by atoms with Gasteiger partial charge in [0.15, 0.2) is 0 Å². The number of hydrogen-bond acceptors (Lipinski definition) is 2. The van der Waals surface area contributed by atoms with Crippen molar-refractivity contribution < 1.29 is 4.79 Å². The predicted molar refractivity (Wildman–Crippen MR) is 43.6 cm³/mol. The fourth-order valence-corrected chi connectivity index (χ4v) is 0.705. The van der Waals surface area contributed by atoms with Gasteiger partial charge >= 0.3 is 0 Å². The van der Waals surface area contributed by atoms with E-state index in [9.17, 15) is 4.79 Å². The van der Waals surface area contributed by atoms with Gasteiger partial charge in [-0.05, 0) is 12.1 Å². The van der Waals surface area contributed by atoms with Crippen LogP contribution in [0.5, 0.6) is 0 Å². The summed E-state index contributed by atoms with van der Waals surface area (Å²) in [5.41, 5.74) is 5.73. The number of benzene rings is 1. The molecule has 0 saturated carbocycles. The molecule has 1 aromatic carbocycles. The minimum Gasteiger partial charge on any atom is -0.325 e. The number of nitrogens with two attached hydrogens (primary N) is 1. The molecule has 0 aliphatic carbocycles. The van der Waals surface area contributed by atoms with E-state index >= 15 is 0 Å². The van der Waals surface area contributed by atoms with Crippen LogP contribution in [-0.2, 0) is 4.79 Å². The van der Waals surface area contributed by atoms with Crippen molar-refractivity contribution in [1.29, 1.82) is 0 Å². The predicted octanol–water partition coefficient (Wildman–Crippen LogP) is 0.746. The van der Waals surface area contributed by atoms with Crippen molar-refractivity contribution in [2.75, 3.05) is 5.32 Å². The van der Waals surface area contributed by atoms with Crippen molar-refractivity contribution in [3.63, 3.8) is 0 Å². The van der Waals surface area contributed by atoms with Crippen LogP contribution in [0.25, 0.3) is 0 Å². The molecule has 0 aromatic heterocycles. The first kappa shape index (κ1) is 7.75. The Bertz CT molecular complexity index is 233. The lowest BCUT2D eigenvalue weighted by molar-refractivity contribution is -0.113. The van der Waals surface area contributed by atoms with E-state index in [4.69, 9.17) is 5.73 Å². The van der Waals surface area contributed by atoms with Crippen LogP contribution in [0.15, 0.2) is 30.3 Å². The Kier molecular flexibility index (Phi) is 2.63. The van der Waals surface area contributed by atoms with Crippen LogP contribution in [0.1, 0.15) is 0 Å². The average Bonchev–Trinajstić information content (AvgIpc) is 2.06. The second kappa shape index (κ2) is 3.73. The Hall–Kier alpha value is -1.35. The van der Waals surface area contributed by atoms with Gasteiger partial charge in [-0.15, -0.1) is 0 Å². The summed E-state index contributed by atoms with van der Waals surface area (Å²) in [5.74, 6) is -0.295. The lowest BCUT2D eigenvalue weighted by Crippen LogP contribution is -2.16. The van der Waals surface area contributed by atoms with Crippen molar-refractivity contribution >= 4 is 11.6 Å². The van der Waals surface area contributed by atoms with Gasteiger partial charge in [0, 0.05) is 5.69 Å². The van der Waals surface area contributed by atoms with Crippen LogP contribution in [0.3, 0.4) is 0 Å². The Labute approximate surface area is 65.2 Å². The van der Waals surface area contributed by atoms with Crippen LogP contribution < -0.4 is 11.1 Å². The summed E-state index contributed by atoms with van der Waals surface area (Å²) in [4.78, 5) is 10.7. The average molecular weight is 149 g/mol. The zero-order chi connectivity index (χ0) is 8.10. The smallest absolute Gasteiger partial charge is 0.243 e. The molecule has 0 atom stereocenters. The number of amides is 1. The second-order valence-corrected chi connectivity index (χ2v) is 2.02. The second-order valence-electron chi connectivity index (χ2n) is 2.02. The summed E-state index contributed by atoms with van der Waals surface area (Å²) in [7, 11) is 0. The Morgan fingerprint density at radius 2 is 2.00 bits per heavy atom. The van der Waals surface area contributed by atoms with Gasteiger partial charge in [0.25, 0.3) is 0 Å². The topological polar surface area (TPSA) is 55.1 Å². The summed E-state index contributed by atoms with van der Waals surface area (Å²) in [6, 6.07) is 9.14. The van der Waals surface area contributed by atoms with E-state index in [1.54, 1.807) is 12.1 Å². The zero-order valence-corrected chi connectivity index (χ0v) is 5.95. The van der Waals surface area contributed by atoms with Gasteiger partial charge in [0.05, 0.1) is 0 Å². The van der Waals surface area contributed by atoms with Gasteiger partial charge in [0.2, 0.25) is 5.91 Å². The van der Waals surface area contributed by atoms with Gasteiger partial charge in [-0.25, -0.2) is 0 Å². The normalized spacial score (nSPS) is 9.18. The Balaban J connectivity index is 2.58. The lowest BCUT2D eigenvalue weighted by atomic mass is 10.3.